The van der Waals surface area contributed by atoms with E-state index in [0.29, 0.717) is 28.2 Å². The van der Waals surface area contributed by atoms with Crippen LogP contribution in [0.1, 0.15) is 15.9 Å². The van der Waals surface area contributed by atoms with E-state index < -0.39 is 0 Å². The third kappa shape index (κ3) is 3.43. The van der Waals surface area contributed by atoms with E-state index in [-0.39, 0.29) is 5.91 Å². The maximum atomic E-state index is 13.1. The van der Waals surface area contributed by atoms with Crippen molar-refractivity contribution in [2.75, 3.05) is 5.32 Å². The Bertz CT molecular complexity index is 1510. The van der Waals surface area contributed by atoms with Gasteiger partial charge >= 0.3 is 0 Å². The molecule has 0 fully saturated rings. The molecule has 4 aromatic heterocycles. The first-order valence-corrected chi connectivity index (χ1v) is 9.49. The molecule has 0 saturated heterocycles. The van der Waals surface area contributed by atoms with Crippen molar-refractivity contribution in [3.8, 4) is 17.5 Å². The van der Waals surface area contributed by atoms with E-state index in [4.69, 9.17) is 5.26 Å². The fourth-order valence-corrected chi connectivity index (χ4v) is 3.43. The Kier molecular flexibility index (Phi) is 4.50. The van der Waals surface area contributed by atoms with Crippen molar-refractivity contribution in [2.45, 2.75) is 0 Å². The molecule has 0 aliphatic heterocycles. The second kappa shape index (κ2) is 7.61. The SMILES string of the molecule is N#Cc1ccnc(-c2cc(C(=O)Nc3cc4cccnc4c4ncccc34)ccn2)c1. The average molecular weight is 402 g/mol. The number of amides is 1. The molecule has 5 aromatic rings. The van der Waals surface area contributed by atoms with Crippen LogP contribution in [0.2, 0.25) is 0 Å². The number of anilines is 1. The van der Waals surface area contributed by atoms with Crippen LogP contribution < -0.4 is 5.32 Å². The first-order chi connectivity index (χ1) is 15.2. The summed E-state index contributed by atoms with van der Waals surface area (Å²) in [6, 6.07) is 18.0. The monoisotopic (exact) mass is 402 g/mol. The molecule has 0 unspecified atom stereocenters. The summed E-state index contributed by atoms with van der Waals surface area (Å²) in [4.78, 5) is 30.5. The van der Waals surface area contributed by atoms with Gasteiger partial charge in [-0.2, -0.15) is 5.26 Å². The molecule has 1 amide bonds. The quantitative estimate of drug-likeness (QED) is 0.450. The van der Waals surface area contributed by atoms with Crippen molar-refractivity contribution >= 4 is 33.4 Å². The highest BCUT2D eigenvalue weighted by atomic mass is 16.1. The number of carbonyl (C=O) groups is 1. The lowest BCUT2D eigenvalue weighted by atomic mass is 10.1. The van der Waals surface area contributed by atoms with Crippen LogP contribution >= 0.6 is 0 Å². The second-order valence-electron chi connectivity index (χ2n) is 6.82. The largest absolute Gasteiger partial charge is 0.321 e. The first-order valence-electron chi connectivity index (χ1n) is 9.49. The first kappa shape index (κ1) is 18.3. The van der Waals surface area contributed by atoms with Gasteiger partial charge in [0, 0.05) is 41.1 Å². The maximum absolute atomic E-state index is 13.1. The minimum atomic E-state index is -0.284. The van der Waals surface area contributed by atoms with Crippen LogP contribution in [0.25, 0.3) is 33.2 Å². The van der Waals surface area contributed by atoms with Crippen LogP contribution in [0, 0.1) is 11.3 Å². The van der Waals surface area contributed by atoms with E-state index in [9.17, 15) is 4.79 Å². The van der Waals surface area contributed by atoms with Gasteiger partial charge in [-0.05, 0) is 48.5 Å². The van der Waals surface area contributed by atoms with Crippen LogP contribution in [-0.2, 0) is 0 Å². The minimum Gasteiger partial charge on any atom is -0.321 e. The highest BCUT2D eigenvalue weighted by molar-refractivity contribution is 6.14. The van der Waals surface area contributed by atoms with Crippen LogP contribution in [0.3, 0.4) is 0 Å². The summed E-state index contributed by atoms with van der Waals surface area (Å²) < 4.78 is 0. The van der Waals surface area contributed by atoms with Gasteiger partial charge in [0.1, 0.15) is 0 Å². The third-order valence-electron chi connectivity index (χ3n) is 4.88. The van der Waals surface area contributed by atoms with Gasteiger partial charge in [-0.1, -0.05) is 6.07 Å². The van der Waals surface area contributed by atoms with Crippen LogP contribution in [-0.4, -0.2) is 25.8 Å². The molecule has 0 aliphatic carbocycles. The number of benzene rings is 1. The number of pyridine rings is 4. The molecule has 1 N–H and O–H groups in total. The predicted molar refractivity (Wildman–Crippen MR) is 117 cm³/mol. The molecule has 7 nitrogen and oxygen atoms in total. The molecule has 0 bridgehead atoms. The fourth-order valence-electron chi connectivity index (χ4n) is 3.43. The van der Waals surface area contributed by atoms with Crippen LogP contribution in [0.4, 0.5) is 5.69 Å². The smallest absolute Gasteiger partial charge is 0.255 e. The topological polar surface area (TPSA) is 104 Å². The number of rotatable bonds is 3. The lowest BCUT2D eigenvalue weighted by Gasteiger charge is -2.11. The van der Waals surface area contributed by atoms with Crippen molar-refractivity contribution < 1.29 is 4.79 Å². The van der Waals surface area contributed by atoms with E-state index in [1.165, 1.54) is 0 Å². The zero-order valence-corrected chi connectivity index (χ0v) is 16.1. The number of nitriles is 1. The highest BCUT2D eigenvalue weighted by Crippen LogP contribution is 2.29. The van der Waals surface area contributed by atoms with Gasteiger partial charge in [0.25, 0.3) is 5.91 Å². The molecule has 4 heterocycles. The Morgan fingerprint density at radius 2 is 1.55 bits per heavy atom. The number of nitrogens with zero attached hydrogens (tertiary/aromatic N) is 5. The number of hydrogen-bond donors (Lipinski definition) is 1. The molecule has 31 heavy (non-hydrogen) atoms. The van der Waals surface area contributed by atoms with E-state index in [1.807, 2.05) is 30.3 Å². The van der Waals surface area contributed by atoms with E-state index >= 15 is 0 Å². The van der Waals surface area contributed by atoms with Crippen molar-refractivity contribution in [3.05, 3.63) is 90.5 Å². The van der Waals surface area contributed by atoms with Gasteiger partial charge in [0.05, 0.1) is 39.7 Å². The van der Waals surface area contributed by atoms with Crippen molar-refractivity contribution in [2.24, 2.45) is 0 Å². The Labute approximate surface area is 177 Å². The number of hydrogen-bond acceptors (Lipinski definition) is 6. The molecule has 0 aliphatic rings. The highest BCUT2D eigenvalue weighted by Gasteiger charge is 2.13. The van der Waals surface area contributed by atoms with Crippen LogP contribution in [0.15, 0.2) is 79.4 Å². The number of fused-ring (bicyclic) bond motifs is 3. The minimum absolute atomic E-state index is 0.284. The molecular weight excluding hydrogens is 388 g/mol. The Morgan fingerprint density at radius 1 is 0.806 bits per heavy atom. The summed E-state index contributed by atoms with van der Waals surface area (Å²) in [6.45, 7) is 0. The maximum Gasteiger partial charge on any atom is 0.255 e. The lowest BCUT2D eigenvalue weighted by molar-refractivity contribution is 0.102. The van der Waals surface area contributed by atoms with Gasteiger partial charge in [-0.25, -0.2) is 0 Å². The third-order valence-corrected chi connectivity index (χ3v) is 4.88. The molecule has 7 heteroatoms. The summed E-state index contributed by atoms with van der Waals surface area (Å²) in [5, 5.41) is 13.8. The average Bonchev–Trinajstić information content (AvgIpc) is 2.84. The summed E-state index contributed by atoms with van der Waals surface area (Å²) in [5.74, 6) is -0.284. The summed E-state index contributed by atoms with van der Waals surface area (Å²) in [7, 11) is 0. The summed E-state index contributed by atoms with van der Waals surface area (Å²) in [6.07, 6.45) is 6.53. The van der Waals surface area contributed by atoms with E-state index in [1.54, 1.807) is 49.1 Å². The Morgan fingerprint density at radius 3 is 2.39 bits per heavy atom. The van der Waals surface area contributed by atoms with Gasteiger partial charge in [-0.3, -0.25) is 24.7 Å². The van der Waals surface area contributed by atoms with Crippen molar-refractivity contribution in [3.63, 3.8) is 0 Å². The molecule has 0 spiro atoms. The molecule has 0 atom stereocenters. The van der Waals surface area contributed by atoms with Crippen molar-refractivity contribution in [1.29, 1.82) is 5.26 Å². The number of carbonyl (C=O) groups excluding carboxylic acids is 1. The lowest BCUT2D eigenvalue weighted by Crippen LogP contribution is -2.12. The van der Waals surface area contributed by atoms with Gasteiger partial charge < -0.3 is 5.32 Å². The van der Waals surface area contributed by atoms with Gasteiger partial charge in [-0.15, -0.1) is 0 Å². The molecule has 0 radical (unpaired) electrons. The van der Waals surface area contributed by atoms with Crippen molar-refractivity contribution in [1.82, 2.24) is 19.9 Å². The number of aromatic nitrogens is 4. The molecule has 0 saturated carbocycles. The Hall–Kier alpha value is -4.70. The standard InChI is InChI=1S/C24H14N6O/c25-14-15-5-9-26-20(11-15)21-13-17(6-10-27-21)24(31)30-19-12-16-3-1-7-28-22(16)23-18(19)4-2-8-29-23/h1-13H,(H,30,31). The van der Waals surface area contributed by atoms with E-state index in [0.717, 1.165) is 21.8 Å². The molecule has 1 aromatic carbocycles. The van der Waals surface area contributed by atoms with Gasteiger partial charge in [0.15, 0.2) is 0 Å². The summed E-state index contributed by atoms with van der Waals surface area (Å²) >= 11 is 0. The summed E-state index contributed by atoms with van der Waals surface area (Å²) in [5.41, 5.74) is 4.10. The fraction of sp³-hybridized carbons (Fsp3) is 0. The second-order valence-corrected chi connectivity index (χ2v) is 6.82. The predicted octanol–water partition coefficient (Wildman–Crippen LogP) is 4.36. The zero-order valence-electron chi connectivity index (χ0n) is 16.1. The van der Waals surface area contributed by atoms with Crippen LogP contribution in [0.5, 0.6) is 0 Å². The van der Waals surface area contributed by atoms with Gasteiger partial charge in [0.2, 0.25) is 0 Å². The molecule has 146 valence electrons. The Balaban J connectivity index is 1.53. The molecule has 5 rings (SSSR count). The molecular formula is C24H14N6O. The van der Waals surface area contributed by atoms with E-state index in [2.05, 4.69) is 31.3 Å². The number of nitrogens with one attached hydrogen (secondary N) is 1. The normalized spacial score (nSPS) is 10.7. The zero-order chi connectivity index (χ0) is 21.2.